The van der Waals surface area contributed by atoms with Gasteiger partial charge in [-0.05, 0) is 38.1 Å². The van der Waals surface area contributed by atoms with Crippen LogP contribution in [0.1, 0.15) is 12.8 Å². The van der Waals surface area contributed by atoms with Crippen molar-refractivity contribution >= 4 is 12.4 Å². The Kier molecular flexibility index (Phi) is 4.17. The maximum absolute atomic E-state index is 12.5. The maximum Gasteiger partial charge on any atom is 0.509 e. The molecule has 0 amide bonds. The van der Waals surface area contributed by atoms with Crippen LogP contribution >= 0.6 is 0 Å². The van der Waals surface area contributed by atoms with E-state index in [2.05, 4.69) is 4.90 Å². The average Bonchev–Trinajstić information content (AvgIpc) is 2.81. The van der Waals surface area contributed by atoms with Gasteiger partial charge in [0.25, 0.3) is 0 Å². The standard InChI is InChI=1S/C12H16BF3NO/c14-13(15,16)11-4-3-5-12(10-11)18-9-8-17-6-1-2-7-17/h3-5,10H,1-2,6-9H2/q-1. The monoisotopic (exact) mass is 258 g/mol. The molecular weight excluding hydrogens is 242 g/mol. The summed E-state index contributed by atoms with van der Waals surface area (Å²) in [7, 11) is 0. The molecule has 18 heavy (non-hydrogen) atoms. The predicted molar refractivity (Wildman–Crippen MR) is 66.3 cm³/mol. The molecule has 1 saturated heterocycles. The summed E-state index contributed by atoms with van der Waals surface area (Å²) >= 11 is 0. The fourth-order valence-corrected chi connectivity index (χ4v) is 2.11. The zero-order valence-corrected chi connectivity index (χ0v) is 10.1. The van der Waals surface area contributed by atoms with Crippen molar-refractivity contribution in [3.63, 3.8) is 0 Å². The van der Waals surface area contributed by atoms with Crippen molar-refractivity contribution < 1.29 is 17.7 Å². The molecule has 100 valence electrons. The molecule has 0 saturated carbocycles. The van der Waals surface area contributed by atoms with Gasteiger partial charge in [0.1, 0.15) is 12.4 Å². The fourth-order valence-electron chi connectivity index (χ4n) is 2.11. The second kappa shape index (κ2) is 5.65. The highest BCUT2D eigenvalue weighted by Gasteiger charge is 2.25. The van der Waals surface area contributed by atoms with Crippen LogP contribution in [0.2, 0.25) is 0 Å². The summed E-state index contributed by atoms with van der Waals surface area (Å²) in [5.41, 5.74) is -0.603. The van der Waals surface area contributed by atoms with Gasteiger partial charge in [-0.2, -0.15) is 0 Å². The lowest BCUT2D eigenvalue weighted by Crippen LogP contribution is -2.33. The summed E-state index contributed by atoms with van der Waals surface area (Å²) in [4.78, 5) is 2.26. The van der Waals surface area contributed by atoms with Crippen LogP contribution in [0.25, 0.3) is 0 Å². The quantitative estimate of drug-likeness (QED) is 0.751. The van der Waals surface area contributed by atoms with Gasteiger partial charge in [-0.1, -0.05) is 12.1 Å². The van der Waals surface area contributed by atoms with Crippen molar-refractivity contribution in [2.24, 2.45) is 0 Å². The largest absolute Gasteiger partial charge is 0.509 e. The molecule has 2 rings (SSSR count). The van der Waals surface area contributed by atoms with E-state index in [1.54, 1.807) is 6.07 Å². The zero-order valence-electron chi connectivity index (χ0n) is 10.1. The number of nitrogens with zero attached hydrogens (tertiary/aromatic N) is 1. The molecule has 2 nitrogen and oxygen atoms in total. The molecule has 0 aromatic heterocycles. The Balaban J connectivity index is 1.85. The predicted octanol–water partition coefficient (Wildman–Crippen LogP) is 2.22. The van der Waals surface area contributed by atoms with Gasteiger partial charge >= 0.3 is 6.98 Å². The summed E-state index contributed by atoms with van der Waals surface area (Å²) in [6.45, 7) is -1.60. The normalized spacial score (nSPS) is 17.1. The van der Waals surface area contributed by atoms with Crippen molar-refractivity contribution in [2.45, 2.75) is 12.8 Å². The molecular formula is C12H16BF3NO-. The second-order valence-corrected chi connectivity index (χ2v) is 4.54. The summed E-state index contributed by atoms with van der Waals surface area (Å²) in [6, 6.07) is 5.10. The van der Waals surface area contributed by atoms with E-state index in [0.717, 1.165) is 31.8 Å². The van der Waals surface area contributed by atoms with E-state index in [0.29, 0.717) is 12.4 Å². The summed E-state index contributed by atoms with van der Waals surface area (Å²) < 4.78 is 43.0. The SMILES string of the molecule is F[B-](F)(F)c1cccc(OCCN2CCCC2)c1. The van der Waals surface area contributed by atoms with Gasteiger partial charge in [-0.15, -0.1) is 5.46 Å². The first-order chi connectivity index (χ1) is 8.55. The summed E-state index contributed by atoms with van der Waals surface area (Å²) in [6.07, 6.45) is 2.40. The van der Waals surface area contributed by atoms with Crippen LogP contribution in [0.3, 0.4) is 0 Å². The van der Waals surface area contributed by atoms with Crippen LogP contribution in [-0.2, 0) is 0 Å². The van der Waals surface area contributed by atoms with E-state index in [4.69, 9.17) is 4.74 Å². The number of hydrogen-bond donors (Lipinski definition) is 0. The fraction of sp³-hybridized carbons (Fsp3) is 0.500. The number of halogens is 3. The topological polar surface area (TPSA) is 12.5 Å². The van der Waals surface area contributed by atoms with Crippen LogP contribution in [0.4, 0.5) is 12.9 Å². The van der Waals surface area contributed by atoms with Crippen LogP contribution < -0.4 is 10.2 Å². The molecule has 6 heteroatoms. The minimum Gasteiger partial charge on any atom is -0.492 e. The smallest absolute Gasteiger partial charge is 0.492 e. The Morgan fingerprint density at radius 2 is 1.89 bits per heavy atom. The number of benzene rings is 1. The van der Waals surface area contributed by atoms with Crippen molar-refractivity contribution in [1.82, 2.24) is 4.90 Å². The van der Waals surface area contributed by atoms with E-state index in [9.17, 15) is 12.9 Å². The molecule has 0 atom stereocenters. The average molecular weight is 258 g/mol. The molecule has 1 fully saturated rings. The van der Waals surface area contributed by atoms with E-state index < -0.39 is 12.4 Å². The molecule has 0 unspecified atom stereocenters. The first kappa shape index (κ1) is 13.3. The molecule has 0 spiro atoms. The first-order valence-electron chi connectivity index (χ1n) is 6.21. The van der Waals surface area contributed by atoms with Crippen LogP contribution in [0, 0.1) is 0 Å². The van der Waals surface area contributed by atoms with Gasteiger partial charge in [0, 0.05) is 6.54 Å². The Labute approximate surface area is 105 Å². The second-order valence-electron chi connectivity index (χ2n) is 4.54. The molecule has 0 bridgehead atoms. The van der Waals surface area contributed by atoms with Crippen molar-refractivity contribution in [1.29, 1.82) is 0 Å². The molecule has 0 N–H and O–H groups in total. The molecule has 1 aromatic rings. The Bertz CT molecular complexity index is 391. The summed E-state index contributed by atoms with van der Waals surface area (Å²) in [5.74, 6) is 0.297. The van der Waals surface area contributed by atoms with Gasteiger partial charge in [0.05, 0.1) is 0 Å². The van der Waals surface area contributed by atoms with Crippen LogP contribution in [-0.4, -0.2) is 38.1 Å². The Hall–Kier alpha value is -1.17. The number of likely N-dealkylation sites (tertiary alicyclic amines) is 1. The van der Waals surface area contributed by atoms with E-state index in [1.165, 1.54) is 18.9 Å². The first-order valence-corrected chi connectivity index (χ1v) is 6.21. The van der Waals surface area contributed by atoms with Gasteiger partial charge in [0.15, 0.2) is 0 Å². The molecule has 0 radical (unpaired) electrons. The summed E-state index contributed by atoms with van der Waals surface area (Å²) in [5, 5.41) is 0. The number of ether oxygens (including phenoxy) is 1. The van der Waals surface area contributed by atoms with Gasteiger partial charge in [-0.3, -0.25) is 4.90 Å². The Morgan fingerprint density at radius 3 is 2.56 bits per heavy atom. The molecule has 1 heterocycles. The third-order valence-corrected chi connectivity index (χ3v) is 3.11. The molecule has 1 aliphatic heterocycles. The van der Waals surface area contributed by atoms with E-state index >= 15 is 0 Å². The highest BCUT2D eigenvalue weighted by Crippen LogP contribution is 2.14. The minimum atomic E-state index is -4.95. The van der Waals surface area contributed by atoms with Crippen LogP contribution in [0.15, 0.2) is 24.3 Å². The minimum absolute atomic E-state index is 0.297. The lowest BCUT2D eigenvalue weighted by molar-refractivity contribution is 0.238. The highest BCUT2D eigenvalue weighted by molar-refractivity contribution is 6.73. The number of rotatable bonds is 5. The van der Waals surface area contributed by atoms with E-state index in [1.807, 2.05) is 0 Å². The molecule has 0 aliphatic carbocycles. The lowest BCUT2D eigenvalue weighted by atomic mass is 9.80. The maximum atomic E-state index is 12.5. The van der Waals surface area contributed by atoms with Gasteiger partial charge in [0.2, 0.25) is 0 Å². The van der Waals surface area contributed by atoms with E-state index in [-0.39, 0.29) is 0 Å². The van der Waals surface area contributed by atoms with Gasteiger partial charge < -0.3 is 17.7 Å². The van der Waals surface area contributed by atoms with Crippen molar-refractivity contribution in [2.75, 3.05) is 26.2 Å². The number of hydrogen-bond acceptors (Lipinski definition) is 2. The third kappa shape index (κ3) is 3.66. The highest BCUT2D eigenvalue weighted by atomic mass is 19.4. The zero-order chi connectivity index (χ0) is 13.0. The molecule has 1 aliphatic rings. The molecule has 1 aromatic carbocycles. The third-order valence-electron chi connectivity index (χ3n) is 3.11. The van der Waals surface area contributed by atoms with Crippen molar-refractivity contribution in [3.8, 4) is 5.75 Å². The van der Waals surface area contributed by atoms with Crippen LogP contribution in [0.5, 0.6) is 5.75 Å². The Morgan fingerprint density at radius 1 is 1.17 bits per heavy atom. The lowest BCUT2D eigenvalue weighted by Gasteiger charge is -2.17. The van der Waals surface area contributed by atoms with Gasteiger partial charge in [-0.25, -0.2) is 0 Å². The van der Waals surface area contributed by atoms with Crippen molar-refractivity contribution in [3.05, 3.63) is 24.3 Å².